The monoisotopic (exact) mass is 450 g/mol. The normalized spacial score (nSPS) is 16.3. The molecule has 1 saturated heterocycles. The van der Waals surface area contributed by atoms with Gasteiger partial charge in [0.05, 0.1) is 10.2 Å². The van der Waals surface area contributed by atoms with Gasteiger partial charge in [-0.2, -0.15) is 0 Å². The highest BCUT2D eigenvalue weighted by molar-refractivity contribution is 9.10. The maximum absolute atomic E-state index is 12.5. The summed E-state index contributed by atoms with van der Waals surface area (Å²) in [5.74, 6) is 2.78. The number of fused-ring (bicyclic) bond motifs is 1. The van der Waals surface area contributed by atoms with E-state index in [0.717, 1.165) is 34.0 Å². The van der Waals surface area contributed by atoms with E-state index in [9.17, 15) is 4.79 Å². The summed E-state index contributed by atoms with van der Waals surface area (Å²) in [6.07, 6.45) is 3.48. The van der Waals surface area contributed by atoms with E-state index in [0.29, 0.717) is 38.0 Å². The molecule has 0 spiro atoms. The molecule has 1 fully saturated rings. The summed E-state index contributed by atoms with van der Waals surface area (Å²) >= 11 is 4.86. The SMILES string of the molecule is O=C(CSc1ccc2c(c1)OCCO2)N1CCN(c2ncc(Br)cn2)CC1. The average molecular weight is 451 g/mol. The number of carbonyl (C=O) groups is 1. The van der Waals surface area contributed by atoms with E-state index in [4.69, 9.17) is 9.47 Å². The summed E-state index contributed by atoms with van der Waals surface area (Å²) in [4.78, 5) is 26.2. The Morgan fingerprint density at radius 1 is 1.07 bits per heavy atom. The van der Waals surface area contributed by atoms with Gasteiger partial charge in [-0.1, -0.05) is 0 Å². The van der Waals surface area contributed by atoms with Gasteiger partial charge >= 0.3 is 0 Å². The molecular formula is C18H19BrN4O3S. The van der Waals surface area contributed by atoms with Crippen LogP contribution in [0.25, 0.3) is 0 Å². The summed E-state index contributed by atoms with van der Waals surface area (Å²) < 4.78 is 12.0. The second-order valence-electron chi connectivity index (χ2n) is 6.16. The van der Waals surface area contributed by atoms with Crippen molar-refractivity contribution in [1.29, 1.82) is 0 Å². The lowest BCUT2D eigenvalue weighted by atomic mass is 10.3. The molecule has 1 aromatic carbocycles. The zero-order valence-corrected chi connectivity index (χ0v) is 17.0. The Morgan fingerprint density at radius 3 is 2.52 bits per heavy atom. The predicted octanol–water partition coefficient (Wildman–Crippen LogP) is 2.45. The largest absolute Gasteiger partial charge is 0.486 e. The standard InChI is InChI=1S/C18H19BrN4O3S/c19-13-10-20-18(21-11-13)23-5-3-22(4-6-23)17(24)12-27-14-1-2-15-16(9-14)26-8-7-25-15/h1-2,9-11H,3-8,12H2. The molecule has 0 unspecified atom stereocenters. The van der Waals surface area contributed by atoms with E-state index in [-0.39, 0.29) is 5.91 Å². The van der Waals surface area contributed by atoms with Gasteiger partial charge in [-0.25, -0.2) is 9.97 Å². The van der Waals surface area contributed by atoms with E-state index in [2.05, 4.69) is 30.8 Å². The van der Waals surface area contributed by atoms with Gasteiger partial charge in [-0.05, 0) is 34.1 Å². The van der Waals surface area contributed by atoms with Gasteiger partial charge in [-0.3, -0.25) is 4.79 Å². The fraction of sp³-hybridized carbons (Fsp3) is 0.389. The molecule has 1 aromatic heterocycles. The molecule has 3 heterocycles. The number of hydrogen-bond donors (Lipinski definition) is 0. The first-order chi connectivity index (χ1) is 13.2. The molecule has 7 nitrogen and oxygen atoms in total. The smallest absolute Gasteiger partial charge is 0.233 e. The van der Waals surface area contributed by atoms with Crippen molar-refractivity contribution in [3.63, 3.8) is 0 Å². The lowest BCUT2D eigenvalue weighted by molar-refractivity contribution is -0.128. The van der Waals surface area contributed by atoms with Gasteiger partial charge in [0.2, 0.25) is 11.9 Å². The highest BCUT2D eigenvalue weighted by Gasteiger charge is 2.22. The zero-order chi connectivity index (χ0) is 18.6. The second-order valence-corrected chi connectivity index (χ2v) is 8.13. The molecule has 2 aromatic rings. The molecule has 2 aliphatic heterocycles. The van der Waals surface area contributed by atoms with Gasteiger partial charge in [0.15, 0.2) is 11.5 Å². The molecule has 9 heteroatoms. The van der Waals surface area contributed by atoms with Gasteiger partial charge in [0.25, 0.3) is 0 Å². The minimum atomic E-state index is 0.145. The molecule has 0 saturated carbocycles. The number of thioether (sulfide) groups is 1. The number of ether oxygens (including phenoxy) is 2. The van der Waals surface area contributed by atoms with Crippen molar-refractivity contribution in [3.8, 4) is 11.5 Å². The third kappa shape index (κ3) is 4.47. The number of anilines is 1. The summed E-state index contributed by atoms with van der Waals surface area (Å²) in [5, 5.41) is 0. The van der Waals surface area contributed by atoms with Crippen LogP contribution in [0.5, 0.6) is 11.5 Å². The number of halogens is 1. The van der Waals surface area contributed by atoms with Crippen molar-refractivity contribution in [1.82, 2.24) is 14.9 Å². The van der Waals surface area contributed by atoms with E-state index in [1.54, 1.807) is 12.4 Å². The average Bonchev–Trinajstić information content (AvgIpc) is 2.72. The predicted molar refractivity (Wildman–Crippen MR) is 107 cm³/mol. The number of amides is 1. The van der Waals surface area contributed by atoms with Crippen molar-refractivity contribution in [2.24, 2.45) is 0 Å². The van der Waals surface area contributed by atoms with Crippen molar-refractivity contribution in [2.45, 2.75) is 4.90 Å². The first-order valence-corrected chi connectivity index (χ1v) is 10.5. The van der Waals surface area contributed by atoms with Crippen LogP contribution < -0.4 is 14.4 Å². The summed E-state index contributed by atoms with van der Waals surface area (Å²) in [5.41, 5.74) is 0. The van der Waals surface area contributed by atoms with Crippen LogP contribution >= 0.6 is 27.7 Å². The van der Waals surface area contributed by atoms with E-state index in [1.165, 1.54) is 11.8 Å². The number of piperazine rings is 1. The van der Waals surface area contributed by atoms with E-state index < -0.39 is 0 Å². The maximum atomic E-state index is 12.5. The number of aromatic nitrogens is 2. The van der Waals surface area contributed by atoms with Gasteiger partial charge in [-0.15, -0.1) is 11.8 Å². The molecule has 4 rings (SSSR count). The minimum Gasteiger partial charge on any atom is -0.486 e. The molecule has 0 atom stereocenters. The van der Waals surface area contributed by atoms with Crippen molar-refractivity contribution < 1.29 is 14.3 Å². The molecule has 27 heavy (non-hydrogen) atoms. The van der Waals surface area contributed by atoms with Crippen LogP contribution in [0.4, 0.5) is 5.95 Å². The Bertz CT molecular complexity index is 813. The highest BCUT2D eigenvalue weighted by Crippen LogP contribution is 2.34. The first kappa shape index (κ1) is 18.4. The fourth-order valence-corrected chi connectivity index (χ4v) is 4.01. The number of carbonyl (C=O) groups excluding carboxylic acids is 1. The maximum Gasteiger partial charge on any atom is 0.233 e. The first-order valence-electron chi connectivity index (χ1n) is 8.72. The Kier molecular flexibility index (Phi) is 5.68. The van der Waals surface area contributed by atoms with Gasteiger partial charge < -0.3 is 19.3 Å². The molecule has 0 aliphatic carbocycles. The summed E-state index contributed by atoms with van der Waals surface area (Å²) in [7, 11) is 0. The quantitative estimate of drug-likeness (QED) is 0.662. The third-order valence-corrected chi connectivity index (χ3v) is 5.79. The van der Waals surface area contributed by atoms with Crippen LogP contribution in [-0.2, 0) is 4.79 Å². The lowest BCUT2D eigenvalue weighted by Gasteiger charge is -2.34. The molecular weight excluding hydrogens is 432 g/mol. The Morgan fingerprint density at radius 2 is 1.78 bits per heavy atom. The Hall–Kier alpha value is -2.00. The molecule has 0 radical (unpaired) electrons. The Labute approximate surface area is 170 Å². The van der Waals surface area contributed by atoms with Crippen LogP contribution in [0.3, 0.4) is 0 Å². The number of hydrogen-bond acceptors (Lipinski definition) is 7. The van der Waals surface area contributed by atoms with Crippen molar-refractivity contribution >= 4 is 39.5 Å². The third-order valence-electron chi connectivity index (χ3n) is 4.40. The van der Waals surface area contributed by atoms with Gasteiger partial charge in [0, 0.05) is 43.5 Å². The molecule has 1 amide bonds. The van der Waals surface area contributed by atoms with Crippen molar-refractivity contribution in [2.75, 3.05) is 50.0 Å². The number of nitrogens with zero attached hydrogens (tertiary/aromatic N) is 4. The van der Waals surface area contributed by atoms with Crippen LogP contribution in [0, 0.1) is 0 Å². The van der Waals surface area contributed by atoms with Crippen molar-refractivity contribution in [3.05, 3.63) is 35.1 Å². The van der Waals surface area contributed by atoms with Crippen LogP contribution in [0.15, 0.2) is 40.0 Å². The highest BCUT2D eigenvalue weighted by atomic mass is 79.9. The fourth-order valence-electron chi connectivity index (χ4n) is 2.97. The van der Waals surface area contributed by atoms with Crippen LogP contribution in [-0.4, -0.2) is 65.9 Å². The molecule has 2 aliphatic rings. The molecule has 0 bridgehead atoms. The number of rotatable bonds is 4. The molecule has 0 N–H and O–H groups in total. The lowest BCUT2D eigenvalue weighted by Crippen LogP contribution is -2.49. The second kappa shape index (κ2) is 8.35. The summed E-state index contributed by atoms with van der Waals surface area (Å²) in [6, 6.07) is 5.81. The van der Waals surface area contributed by atoms with Crippen LogP contribution in [0.2, 0.25) is 0 Å². The van der Waals surface area contributed by atoms with Crippen LogP contribution in [0.1, 0.15) is 0 Å². The molecule has 142 valence electrons. The van der Waals surface area contributed by atoms with Gasteiger partial charge in [0.1, 0.15) is 13.2 Å². The van der Waals surface area contributed by atoms with E-state index >= 15 is 0 Å². The summed E-state index contributed by atoms with van der Waals surface area (Å²) in [6.45, 7) is 3.98. The minimum absolute atomic E-state index is 0.145. The van der Waals surface area contributed by atoms with E-state index in [1.807, 2.05) is 23.1 Å². The number of benzene rings is 1. The topological polar surface area (TPSA) is 67.8 Å². The zero-order valence-electron chi connectivity index (χ0n) is 14.6. The Balaban J connectivity index is 1.28.